The number of benzene rings is 1. The Bertz CT molecular complexity index is 610. The Kier molecular flexibility index (Phi) is 4.79. The first-order chi connectivity index (χ1) is 9.60. The largest absolute Gasteiger partial charge is 0.462 e. The van der Waals surface area contributed by atoms with Crippen molar-refractivity contribution in [2.75, 3.05) is 12.3 Å². The Hall–Kier alpha value is -1.82. The van der Waals surface area contributed by atoms with Gasteiger partial charge in [0.15, 0.2) is 0 Å². The Morgan fingerprint density at radius 2 is 2.30 bits per heavy atom. The van der Waals surface area contributed by atoms with E-state index in [0.29, 0.717) is 17.9 Å². The van der Waals surface area contributed by atoms with E-state index in [9.17, 15) is 4.79 Å². The normalized spacial score (nSPS) is 10.5. The predicted octanol–water partition coefficient (Wildman–Crippen LogP) is 2.65. The second kappa shape index (κ2) is 6.56. The molecule has 0 bridgehead atoms. The first-order valence-corrected chi connectivity index (χ1v) is 7.13. The maximum absolute atomic E-state index is 11.8. The molecule has 2 N–H and O–H groups in total. The van der Waals surface area contributed by atoms with Crippen LogP contribution < -0.4 is 5.73 Å². The van der Waals surface area contributed by atoms with Crippen LogP contribution in [0.4, 0.5) is 5.69 Å². The number of carbonyl (C=O) groups is 1. The predicted molar refractivity (Wildman–Crippen MR) is 80.4 cm³/mol. The molecule has 2 rings (SSSR count). The standard InChI is InChI=1S/C14H16BrN3O2/c1-2-20-14(19)12-7-10(3-4-13(12)16)5-6-18-9-11(15)8-17-18/h3-4,7-9H,2,5-6,16H2,1H3. The average Bonchev–Trinajstić information content (AvgIpc) is 2.84. The minimum absolute atomic E-state index is 0.337. The van der Waals surface area contributed by atoms with Crippen LogP contribution in [0.2, 0.25) is 0 Å². The van der Waals surface area contributed by atoms with Gasteiger partial charge in [0, 0.05) is 18.4 Å². The van der Waals surface area contributed by atoms with Crippen molar-refractivity contribution in [2.24, 2.45) is 0 Å². The fourth-order valence-electron chi connectivity index (χ4n) is 1.85. The third-order valence-electron chi connectivity index (χ3n) is 2.84. The molecule has 0 aliphatic carbocycles. The van der Waals surface area contributed by atoms with Crippen molar-refractivity contribution in [2.45, 2.75) is 19.9 Å². The average molecular weight is 338 g/mol. The van der Waals surface area contributed by atoms with Crippen molar-refractivity contribution < 1.29 is 9.53 Å². The highest BCUT2D eigenvalue weighted by Crippen LogP contribution is 2.16. The van der Waals surface area contributed by atoms with Crippen molar-refractivity contribution in [1.29, 1.82) is 0 Å². The van der Waals surface area contributed by atoms with Crippen molar-refractivity contribution >= 4 is 27.6 Å². The number of hydrogen-bond donors (Lipinski definition) is 1. The topological polar surface area (TPSA) is 70.1 Å². The molecular formula is C14H16BrN3O2. The quantitative estimate of drug-likeness (QED) is 0.672. The molecule has 0 fully saturated rings. The molecule has 0 amide bonds. The first kappa shape index (κ1) is 14.6. The zero-order chi connectivity index (χ0) is 14.5. The molecule has 5 nitrogen and oxygen atoms in total. The van der Waals surface area contributed by atoms with E-state index in [-0.39, 0.29) is 5.97 Å². The van der Waals surface area contributed by atoms with E-state index >= 15 is 0 Å². The molecule has 0 unspecified atom stereocenters. The number of esters is 1. The second-order valence-corrected chi connectivity index (χ2v) is 5.23. The lowest BCUT2D eigenvalue weighted by molar-refractivity contribution is 0.0527. The highest BCUT2D eigenvalue weighted by atomic mass is 79.9. The Balaban J connectivity index is 2.08. The van der Waals surface area contributed by atoms with Crippen LogP contribution in [0.1, 0.15) is 22.8 Å². The van der Waals surface area contributed by atoms with Gasteiger partial charge in [0.1, 0.15) is 0 Å². The summed E-state index contributed by atoms with van der Waals surface area (Å²) in [5, 5.41) is 4.19. The van der Waals surface area contributed by atoms with Gasteiger partial charge in [-0.3, -0.25) is 4.68 Å². The molecule has 1 heterocycles. The van der Waals surface area contributed by atoms with Crippen molar-refractivity contribution in [1.82, 2.24) is 9.78 Å². The van der Waals surface area contributed by atoms with Crippen LogP contribution in [0.3, 0.4) is 0 Å². The fourth-order valence-corrected chi connectivity index (χ4v) is 2.18. The summed E-state index contributed by atoms with van der Waals surface area (Å²) < 4.78 is 7.77. The van der Waals surface area contributed by atoms with Gasteiger partial charge in [-0.1, -0.05) is 6.07 Å². The molecule has 1 aromatic heterocycles. The van der Waals surface area contributed by atoms with E-state index in [1.807, 2.05) is 16.9 Å². The zero-order valence-corrected chi connectivity index (χ0v) is 12.8. The summed E-state index contributed by atoms with van der Waals surface area (Å²) >= 11 is 3.35. The summed E-state index contributed by atoms with van der Waals surface area (Å²) in [4.78, 5) is 11.8. The SMILES string of the molecule is CCOC(=O)c1cc(CCn2cc(Br)cn2)ccc1N. The molecule has 106 valence electrons. The molecule has 0 aliphatic heterocycles. The van der Waals surface area contributed by atoms with E-state index < -0.39 is 0 Å². The second-order valence-electron chi connectivity index (χ2n) is 4.31. The number of nitrogens with two attached hydrogens (primary N) is 1. The van der Waals surface area contributed by atoms with Gasteiger partial charge in [-0.2, -0.15) is 5.10 Å². The molecule has 0 aliphatic rings. The highest BCUT2D eigenvalue weighted by molar-refractivity contribution is 9.10. The molecule has 0 radical (unpaired) electrons. The molecule has 0 saturated carbocycles. The Labute approximate surface area is 125 Å². The van der Waals surface area contributed by atoms with Gasteiger partial charge in [-0.15, -0.1) is 0 Å². The van der Waals surface area contributed by atoms with Gasteiger partial charge in [0.2, 0.25) is 0 Å². The summed E-state index contributed by atoms with van der Waals surface area (Å²) in [6, 6.07) is 5.43. The van der Waals surface area contributed by atoms with Gasteiger partial charge in [0.05, 0.1) is 22.8 Å². The molecule has 0 saturated heterocycles. The molecule has 20 heavy (non-hydrogen) atoms. The maximum atomic E-state index is 11.8. The van der Waals surface area contributed by atoms with E-state index in [1.54, 1.807) is 25.3 Å². The number of ether oxygens (including phenoxy) is 1. The first-order valence-electron chi connectivity index (χ1n) is 6.33. The van der Waals surface area contributed by atoms with E-state index in [1.165, 1.54) is 0 Å². The Morgan fingerprint density at radius 1 is 1.50 bits per heavy atom. The minimum Gasteiger partial charge on any atom is -0.462 e. The Morgan fingerprint density at radius 3 is 2.95 bits per heavy atom. The number of anilines is 1. The monoisotopic (exact) mass is 337 g/mol. The number of rotatable bonds is 5. The molecule has 0 spiro atoms. The molecule has 6 heteroatoms. The summed E-state index contributed by atoms with van der Waals surface area (Å²) in [5.41, 5.74) is 7.69. The summed E-state index contributed by atoms with van der Waals surface area (Å²) in [5.74, 6) is -0.381. The zero-order valence-electron chi connectivity index (χ0n) is 11.2. The van der Waals surface area contributed by atoms with E-state index in [0.717, 1.165) is 23.0 Å². The maximum Gasteiger partial charge on any atom is 0.340 e. The van der Waals surface area contributed by atoms with Crippen LogP contribution in [0.25, 0.3) is 0 Å². The number of halogens is 1. The minimum atomic E-state index is -0.381. The number of aryl methyl sites for hydroxylation is 2. The smallest absolute Gasteiger partial charge is 0.340 e. The van der Waals surface area contributed by atoms with E-state index in [4.69, 9.17) is 10.5 Å². The number of nitrogens with zero attached hydrogens (tertiary/aromatic N) is 2. The van der Waals surface area contributed by atoms with Crippen molar-refractivity contribution in [3.63, 3.8) is 0 Å². The number of nitrogen functional groups attached to an aromatic ring is 1. The van der Waals surface area contributed by atoms with Crippen LogP contribution in [0.5, 0.6) is 0 Å². The molecular weight excluding hydrogens is 322 g/mol. The van der Waals surface area contributed by atoms with Crippen molar-refractivity contribution in [3.05, 3.63) is 46.2 Å². The fraction of sp³-hybridized carbons (Fsp3) is 0.286. The van der Waals surface area contributed by atoms with E-state index in [2.05, 4.69) is 21.0 Å². The summed E-state index contributed by atoms with van der Waals surface area (Å²) in [6.45, 7) is 2.84. The molecule has 2 aromatic rings. The van der Waals surface area contributed by atoms with Gasteiger partial charge >= 0.3 is 5.97 Å². The highest BCUT2D eigenvalue weighted by Gasteiger charge is 2.11. The third kappa shape index (κ3) is 3.60. The van der Waals surface area contributed by atoms with Crippen LogP contribution in [0.15, 0.2) is 35.1 Å². The van der Waals surface area contributed by atoms with Gasteiger partial charge in [-0.25, -0.2) is 4.79 Å². The van der Waals surface area contributed by atoms with Crippen LogP contribution >= 0.6 is 15.9 Å². The summed E-state index contributed by atoms with van der Waals surface area (Å²) in [6.07, 6.45) is 4.41. The number of carbonyl (C=O) groups excluding carboxylic acids is 1. The van der Waals surface area contributed by atoms with Crippen molar-refractivity contribution in [3.8, 4) is 0 Å². The molecule has 0 atom stereocenters. The van der Waals surface area contributed by atoms with Crippen LogP contribution in [-0.4, -0.2) is 22.4 Å². The third-order valence-corrected chi connectivity index (χ3v) is 3.25. The van der Waals surface area contributed by atoms with Gasteiger partial charge in [-0.05, 0) is 47.0 Å². The molecule has 1 aromatic carbocycles. The summed E-state index contributed by atoms with van der Waals surface area (Å²) in [7, 11) is 0. The van der Waals surface area contributed by atoms with Gasteiger partial charge < -0.3 is 10.5 Å². The lowest BCUT2D eigenvalue weighted by atomic mass is 10.1. The van der Waals surface area contributed by atoms with Gasteiger partial charge in [0.25, 0.3) is 0 Å². The lowest BCUT2D eigenvalue weighted by Crippen LogP contribution is -2.09. The lowest BCUT2D eigenvalue weighted by Gasteiger charge is -2.08. The van der Waals surface area contributed by atoms with Crippen LogP contribution in [-0.2, 0) is 17.7 Å². The van der Waals surface area contributed by atoms with Crippen LogP contribution in [0, 0.1) is 0 Å². The number of aromatic nitrogens is 2. The number of hydrogen-bond acceptors (Lipinski definition) is 4.